The predicted molar refractivity (Wildman–Crippen MR) is 78.3 cm³/mol. The van der Waals surface area contributed by atoms with E-state index in [-0.39, 0.29) is 23.0 Å². The highest BCUT2D eigenvalue weighted by atomic mass is 16.4. The van der Waals surface area contributed by atoms with Crippen LogP contribution >= 0.6 is 0 Å². The molecule has 0 unspecified atom stereocenters. The first kappa shape index (κ1) is 14.8. The molecule has 0 fully saturated rings. The number of rotatable bonds is 4. The highest BCUT2D eigenvalue weighted by Crippen LogP contribution is 2.19. The Morgan fingerprint density at radius 3 is 2.52 bits per heavy atom. The number of aryl methyl sites for hydroxylation is 1. The molecule has 1 aromatic carbocycles. The second-order valence-corrected chi connectivity index (χ2v) is 5.15. The van der Waals surface area contributed by atoms with E-state index in [9.17, 15) is 14.7 Å². The molecule has 21 heavy (non-hydrogen) atoms. The van der Waals surface area contributed by atoms with E-state index >= 15 is 0 Å². The molecule has 0 radical (unpaired) electrons. The van der Waals surface area contributed by atoms with Crippen molar-refractivity contribution >= 4 is 11.8 Å². The summed E-state index contributed by atoms with van der Waals surface area (Å²) in [4.78, 5) is 31.6. The molecule has 2 aromatic rings. The molecule has 0 aliphatic carbocycles. The fraction of sp³-hybridized carbons (Fsp3) is 0.250. The molecule has 1 heterocycles. The van der Waals surface area contributed by atoms with Crippen LogP contribution in [0.25, 0.3) is 11.4 Å². The van der Waals surface area contributed by atoms with Gasteiger partial charge in [-0.1, -0.05) is 37.6 Å². The minimum atomic E-state index is -1.23. The van der Waals surface area contributed by atoms with Crippen molar-refractivity contribution in [3.05, 3.63) is 47.3 Å². The van der Waals surface area contributed by atoms with Crippen LogP contribution in [-0.2, 0) is 0 Å². The van der Waals surface area contributed by atoms with Crippen LogP contribution in [-0.4, -0.2) is 26.8 Å². The van der Waals surface area contributed by atoms with Crippen molar-refractivity contribution in [2.24, 2.45) is 5.92 Å². The number of carbonyl (C=O) groups is 2. The topological polar surface area (TPSA) is 80.2 Å². The minimum Gasteiger partial charge on any atom is -0.476 e. The van der Waals surface area contributed by atoms with E-state index in [1.165, 1.54) is 6.20 Å². The number of hydrogen-bond acceptors (Lipinski definition) is 4. The van der Waals surface area contributed by atoms with Crippen molar-refractivity contribution in [1.82, 2.24) is 9.97 Å². The molecule has 5 nitrogen and oxygen atoms in total. The summed E-state index contributed by atoms with van der Waals surface area (Å²) in [5, 5.41) is 9.28. The fourth-order valence-electron chi connectivity index (χ4n) is 1.96. The van der Waals surface area contributed by atoms with Gasteiger partial charge in [0.25, 0.3) is 0 Å². The monoisotopic (exact) mass is 284 g/mol. The van der Waals surface area contributed by atoms with Gasteiger partial charge in [-0.15, -0.1) is 0 Å². The van der Waals surface area contributed by atoms with E-state index in [0.29, 0.717) is 5.82 Å². The molecule has 0 aliphatic rings. The van der Waals surface area contributed by atoms with Gasteiger partial charge in [-0.05, 0) is 13.0 Å². The highest BCUT2D eigenvalue weighted by molar-refractivity contribution is 6.05. The summed E-state index contributed by atoms with van der Waals surface area (Å²) in [6.45, 7) is 5.35. The van der Waals surface area contributed by atoms with E-state index in [1.807, 2.05) is 25.1 Å². The third-order valence-corrected chi connectivity index (χ3v) is 3.06. The van der Waals surface area contributed by atoms with E-state index < -0.39 is 5.97 Å². The van der Waals surface area contributed by atoms with E-state index in [0.717, 1.165) is 11.1 Å². The number of carboxylic acid groups (broad SMARTS) is 1. The second-order valence-electron chi connectivity index (χ2n) is 5.15. The van der Waals surface area contributed by atoms with Crippen molar-refractivity contribution in [2.75, 3.05) is 0 Å². The number of Topliss-reactive ketones (excluding diaryl/α,β-unsaturated/α-hetero) is 1. The van der Waals surface area contributed by atoms with Gasteiger partial charge in [0.05, 0.1) is 5.56 Å². The average molecular weight is 284 g/mol. The van der Waals surface area contributed by atoms with Crippen LogP contribution in [0.2, 0.25) is 0 Å². The molecule has 0 spiro atoms. The summed E-state index contributed by atoms with van der Waals surface area (Å²) in [5.74, 6) is -1.51. The van der Waals surface area contributed by atoms with Crippen LogP contribution in [0.4, 0.5) is 0 Å². The first-order valence-electron chi connectivity index (χ1n) is 6.61. The molecular weight excluding hydrogens is 268 g/mol. The Bertz CT molecular complexity index is 708. The maximum Gasteiger partial charge on any atom is 0.355 e. The lowest BCUT2D eigenvalue weighted by atomic mass is 10.0. The lowest BCUT2D eigenvalue weighted by Gasteiger charge is -2.09. The highest BCUT2D eigenvalue weighted by Gasteiger charge is 2.22. The zero-order chi connectivity index (χ0) is 15.6. The van der Waals surface area contributed by atoms with Crippen molar-refractivity contribution in [1.29, 1.82) is 0 Å². The summed E-state index contributed by atoms with van der Waals surface area (Å²) in [6.07, 6.45) is 1.30. The predicted octanol–water partition coefficient (Wildman–Crippen LogP) is 2.99. The van der Waals surface area contributed by atoms with Gasteiger partial charge in [-0.3, -0.25) is 4.79 Å². The smallest absolute Gasteiger partial charge is 0.355 e. The van der Waals surface area contributed by atoms with Crippen molar-refractivity contribution < 1.29 is 14.7 Å². The number of nitrogens with zero attached hydrogens (tertiary/aromatic N) is 2. The van der Waals surface area contributed by atoms with E-state index in [2.05, 4.69) is 9.97 Å². The molecule has 0 bridgehead atoms. The maximum atomic E-state index is 12.0. The third-order valence-electron chi connectivity index (χ3n) is 3.06. The molecule has 5 heteroatoms. The molecule has 1 N–H and O–H groups in total. The summed E-state index contributed by atoms with van der Waals surface area (Å²) >= 11 is 0. The Morgan fingerprint density at radius 1 is 1.24 bits per heavy atom. The summed E-state index contributed by atoms with van der Waals surface area (Å²) in [5.41, 5.74) is 1.55. The van der Waals surface area contributed by atoms with Gasteiger partial charge in [0.1, 0.15) is 0 Å². The number of benzene rings is 1. The summed E-state index contributed by atoms with van der Waals surface area (Å²) < 4.78 is 0. The van der Waals surface area contributed by atoms with Gasteiger partial charge in [-0.2, -0.15) is 0 Å². The van der Waals surface area contributed by atoms with Crippen LogP contribution in [0.3, 0.4) is 0 Å². The zero-order valence-electron chi connectivity index (χ0n) is 12.1. The van der Waals surface area contributed by atoms with Gasteiger partial charge >= 0.3 is 5.97 Å². The second kappa shape index (κ2) is 5.83. The lowest BCUT2D eigenvalue weighted by Crippen LogP contribution is -2.16. The molecule has 2 rings (SSSR count). The normalized spacial score (nSPS) is 10.7. The fourth-order valence-corrected chi connectivity index (χ4v) is 1.96. The van der Waals surface area contributed by atoms with Gasteiger partial charge < -0.3 is 5.11 Å². The Kier molecular flexibility index (Phi) is 4.12. The molecule has 0 saturated carbocycles. The van der Waals surface area contributed by atoms with Crippen molar-refractivity contribution in [2.45, 2.75) is 20.8 Å². The number of carbonyl (C=O) groups excluding carboxylic acids is 1. The number of ketones is 1. The zero-order valence-corrected chi connectivity index (χ0v) is 12.1. The quantitative estimate of drug-likeness (QED) is 0.873. The number of aromatic carboxylic acids is 1. The molecule has 108 valence electrons. The standard InChI is InChI=1S/C16H16N2O3/c1-9(2)14(19)12-8-17-15(18-13(12)16(20)21)11-6-4-5-10(3)7-11/h4-9H,1-3H3,(H,20,21). The van der Waals surface area contributed by atoms with Crippen LogP contribution in [0.15, 0.2) is 30.5 Å². The summed E-state index contributed by atoms with van der Waals surface area (Å²) in [7, 11) is 0. The first-order valence-corrected chi connectivity index (χ1v) is 6.61. The molecule has 0 amide bonds. The number of aromatic nitrogens is 2. The van der Waals surface area contributed by atoms with Crippen molar-refractivity contribution in [3.63, 3.8) is 0 Å². The Balaban J connectivity index is 2.56. The van der Waals surface area contributed by atoms with Gasteiger partial charge in [-0.25, -0.2) is 14.8 Å². The first-order chi connectivity index (χ1) is 9.90. The number of hydrogen-bond donors (Lipinski definition) is 1. The number of carboxylic acids is 1. The Hall–Kier alpha value is -2.56. The Labute approximate surface area is 122 Å². The van der Waals surface area contributed by atoms with Crippen LogP contribution < -0.4 is 0 Å². The molecular formula is C16H16N2O3. The van der Waals surface area contributed by atoms with Gasteiger partial charge in [0.2, 0.25) is 0 Å². The van der Waals surface area contributed by atoms with Crippen LogP contribution in [0.5, 0.6) is 0 Å². The van der Waals surface area contributed by atoms with Crippen LogP contribution in [0.1, 0.15) is 40.3 Å². The SMILES string of the molecule is Cc1cccc(-c2ncc(C(=O)C(C)C)c(C(=O)O)n2)c1. The molecule has 1 aromatic heterocycles. The minimum absolute atomic E-state index is 0.0499. The van der Waals surface area contributed by atoms with Gasteiger partial charge in [0.15, 0.2) is 17.3 Å². The molecule has 0 saturated heterocycles. The lowest BCUT2D eigenvalue weighted by molar-refractivity contribution is 0.0684. The molecule has 0 aliphatic heterocycles. The third kappa shape index (κ3) is 3.13. The van der Waals surface area contributed by atoms with E-state index in [1.54, 1.807) is 19.9 Å². The average Bonchev–Trinajstić information content (AvgIpc) is 2.45. The van der Waals surface area contributed by atoms with Crippen molar-refractivity contribution in [3.8, 4) is 11.4 Å². The largest absolute Gasteiger partial charge is 0.476 e. The van der Waals surface area contributed by atoms with Gasteiger partial charge in [0, 0.05) is 17.7 Å². The summed E-state index contributed by atoms with van der Waals surface area (Å²) in [6, 6.07) is 7.45. The van der Waals surface area contributed by atoms with Crippen LogP contribution in [0, 0.1) is 12.8 Å². The maximum absolute atomic E-state index is 12.0. The van der Waals surface area contributed by atoms with E-state index in [4.69, 9.17) is 0 Å². The molecule has 0 atom stereocenters. The Morgan fingerprint density at radius 2 is 1.95 bits per heavy atom.